The summed E-state index contributed by atoms with van der Waals surface area (Å²) >= 11 is 7.30. The number of carbonyl (C=O) groups is 2. The second kappa shape index (κ2) is 10.1. The average molecular weight is 481 g/mol. The van der Waals surface area contributed by atoms with E-state index in [-0.39, 0.29) is 12.2 Å². The number of benzene rings is 1. The van der Waals surface area contributed by atoms with E-state index >= 15 is 0 Å². The number of carbonyl (C=O) groups excluding carboxylic acids is 2. The normalized spacial score (nSPS) is 13.2. The van der Waals surface area contributed by atoms with E-state index in [1.54, 1.807) is 31.2 Å². The van der Waals surface area contributed by atoms with Crippen molar-refractivity contribution in [1.29, 1.82) is 5.26 Å². The molecule has 1 aliphatic carbocycles. The molecule has 2 heterocycles. The Morgan fingerprint density at radius 3 is 2.70 bits per heavy atom. The highest BCUT2D eigenvalue weighted by atomic mass is 35.5. The summed E-state index contributed by atoms with van der Waals surface area (Å²) in [6.45, 7) is 1.99. The standard InChI is InChI=1S/C25H21ClN2O4S/c1-2-31-25(30)22-19-5-3-4-6-21(19)33-24(22)28-23(29)16(14-27)13-18-11-12-20(32-18)15-7-9-17(26)10-8-15/h7-13H,2-6H2,1H3,(H,28,29). The van der Waals surface area contributed by atoms with Crippen LogP contribution in [0.2, 0.25) is 5.02 Å². The number of amides is 1. The summed E-state index contributed by atoms with van der Waals surface area (Å²) in [5.41, 5.74) is 2.05. The van der Waals surface area contributed by atoms with E-state index in [2.05, 4.69) is 5.32 Å². The minimum absolute atomic E-state index is 0.131. The molecule has 4 rings (SSSR count). The van der Waals surface area contributed by atoms with Crippen molar-refractivity contribution >= 4 is 45.9 Å². The van der Waals surface area contributed by atoms with E-state index in [0.717, 1.165) is 41.7 Å². The van der Waals surface area contributed by atoms with Crippen LogP contribution in [0.3, 0.4) is 0 Å². The van der Waals surface area contributed by atoms with Gasteiger partial charge < -0.3 is 14.5 Å². The Bertz CT molecular complexity index is 1260. The molecule has 0 bridgehead atoms. The van der Waals surface area contributed by atoms with Crippen molar-refractivity contribution in [3.8, 4) is 17.4 Å². The molecule has 0 spiro atoms. The van der Waals surface area contributed by atoms with Crippen LogP contribution in [0.25, 0.3) is 17.4 Å². The van der Waals surface area contributed by atoms with Gasteiger partial charge >= 0.3 is 5.97 Å². The summed E-state index contributed by atoms with van der Waals surface area (Å²) in [6, 6.07) is 12.5. The van der Waals surface area contributed by atoms with Gasteiger partial charge in [0.25, 0.3) is 5.91 Å². The molecule has 0 saturated heterocycles. The molecule has 0 unspecified atom stereocenters. The number of furan rings is 1. The Labute approximate surface area is 200 Å². The third-order valence-corrected chi connectivity index (χ3v) is 6.74. The predicted molar refractivity (Wildman–Crippen MR) is 128 cm³/mol. The first kappa shape index (κ1) is 22.8. The molecule has 8 heteroatoms. The van der Waals surface area contributed by atoms with Gasteiger partial charge in [0.1, 0.15) is 28.2 Å². The van der Waals surface area contributed by atoms with E-state index in [4.69, 9.17) is 20.8 Å². The van der Waals surface area contributed by atoms with Crippen LogP contribution < -0.4 is 5.32 Å². The minimum atomic E-state index is -0.605. The number of nitrogens with zero attached hydrogens (tertiary/aromatic N) is 1. The Balaban J connectivity index is 1.58. The Kier molecular flexibility index (Phi) is 6.97. The molecule has 1 amide bonds. The molecule has 168 valence electrons. The van der Waals surface area contributed by atoms with E-state index in [0.29, 0.717) is 27.1 Å². The number of halogens is 1. The van der Waals surface area contributed by atoms with Gasteiger partial charge in [-0.3, -0.25) is 4.79 Å². The van der Waals surface area contributed by atoms with Crippen LogP contribution in [-0.2, 0) is 22.4 Å². The minimum Gasteiger partial charge on any atom is -0.462 e. The van der Waals surface area contributed by atoms with Gasteiger partial charge in [-0.25, -0.2) is 4.79 Å². The van der Waals surface area contributed by atoms with Gasteiger partial charge in [-0.15, -0.1) is 11.3 Å². The van der Waals surface area contributed by atoms with E-state index in [9.17, 15) is 14.9 Å². The maximum absolute atomic E-state index is 12.9. The molecule has 1 aliphatic rings. The van der Waals surface area contributed by atoms with Gasteiger partial charge in [-0.05, 0) is 74.6 Å². The lowest BCUT2D eigenvalue weighted by Crippen LogP contribution is -2.16. The highest BCUT2D eigenvalue weighted by Gasteiger charge is 2.27. The molecule has 1 aromatic carbocycles. The first-order chi connectivity index (χ1) is 16.0. The summed E-state index contributed by atoms with van der Waals surface area (Å²) in [7, 11) is 0. The molecule has 3 aromatic rings. The first-order valence-electron chi connectivity index (χ1n) is 10.6. The van der Waals surface area contributed by atoms with E-state index in [1.807, 2.05) is 18.2 Å². The number of nitriles is 1. The van der Waals surface area contributed by atoms with Crippen molar-refractivity contribution in [2.24, 2.45) is 0 Å². The van der Waals surface area contributed by atoms with Gasteiger partial charge in [0.2, 0.25) is 0 Å². The van der Waals surface area contributed by atoms with Crippen LogP contribution in [0.4, 0.5) is 5.00 Å². The number of thiophene rings is 1. The zero-order valence-corrected chi connectivity index (χ0v) is 19.5. The van der Waals surface area contributed by atoms with Crippen molar-refractivity contribution in [2.75, 3.05) is 11.9 Å². The summed E-state index contributed by atoms with van der Waals surface area (Å²) in [6.07, 6.45) is 5.05. The number of hydrogen-bond acceptors (Lipinski definition) is 6. The topological polar surface area (TPSA) is 92.3 Å². The summed E-state index contributed by atoms with van der Waals surface area (Å²) in [5, 5.41) is 13.4. The lowest BCUT2D eigenvalue weighted by atomic mass is 9.95. The number of aryl methyl sites for hydroxylation is 1. The number of hydrogen-bond donors (Lipinski definition) is 1. The van der Waals surface area contributed by atoms with Crippen LogP contribution in [0.15, 0.2) is 46.4 Å². The molecule has 6 nitrogen and oxygen atoms in total. The third-order valence-electron chi connectivity index (χ3n) is 5.29. The number of esters is 1. The average Bonchev–Trinajstić information content (AvgIpc) is 3.42. The zero-order chi connectivity index (χ0) is 23.4. The fraction of sp³-hybridized carbons (Fsp3) is 0.240. The fourth-order valence-corrected chi connectivity index (χ4v) is 5.13. The smallest absolute Gasteiger partial charge is 0.341 e. The molecule has 0 atom stereocenters. The summed E-state index contributed by atoms with van der Waals surface area (Å²) in [5.74, 6) is -0.103. The molecule has 0 radical (unpaired) electrons. The van der Waals surface area contributed by atoms with Gasteiger partial charge in [-0.1, -0.05) is 11.6 Å². The van der Waals surface area contributed by atoms with Crippen molar-refractivity contribution in [3.05, 3.63) is 68.8 Å². The second-order valence-corrected chi connectivity index (χ2v) is 9.01. The van der Waals surface area contributed by atoms with Crippen molar-refractivity contribution in [1.82, 2.24) is 0 Å². The van der Waals surface area contributed by atoms with Gasteiger partial charge in [0.15, 0.2) is 0 Å². The predicted octanol–water partition coefficient (Wildman–Crippen LogP) is 6.26. The molecule has 1 N–H and O–H groups in total. The largest absolute Gasteiger partial charge is 0.462 e. The van der Waals surface area contributed by atoms with Crippen molar-refractivity contribution < 1.29 is 18.7 Å². The van der Waals surface area contributed by atoms with Crippen molar-refractivity contribution in [3.63, 3.8) is 0 Å². The summed E-state index contributed by atoms with van der Waals surface area (Å²) < 4.78 is 11.0. The van der Waals surface area contributed by atoms with Gasteiger partial charge in [-0.2, -0.15) is 5.26 Å². The number of rotatable bonds is 6. The molecule has 33 heavy (non-hydrogen) atoms. The van der Waals surface area contributed by atoms with Gasteiger partial charge in [0, 0.05) is 21.5 Å². The molecule has 0 saturated carbocycles. The Morgan fingerprint density at radius 2 is 1.97 bits per heavy atom. The van der Waals surface area contributed by atoms with E-state index in [1.165, 1.54) is 17.4 Å². The van der Waals surface area contributed by atoms with Crippen LogP contribution >= 0.6 is 22.9 Å². The molecule has 2 aromatic heterocycles. The highest BCUT2D eigenvalue weighted by molar-refractivity contribution is 7.17. The Hall–Kier alpha value is -3.34. The maximum Gasteiger partial charge on any atom is 0.341 e. The number of ether oxygens (including phenoxy) is 1. The monoisotopic (exact) mass is 480 g/mol. The van der Waals surface area contributed by atoms with E-state index < -0.39 is 11.9 Å². The van der Waals surface area contributed by atoms with Crippen LogP contribution in [0.5, 0.6) is 0 Å². The number of anilines is 1. The maximum atomic E-state index is 12.9. The van der Waals surface area contributed by atoms with Crippen LogP contribution in [0, 0.1) is 11.3 Å². The SMILES string of the molecule is CCOC(=O)c1c(NC(=O)C(C#N)=Cc2ccc(-c3ccc(Cl)cc3)o2)sc2c1CCCC2. The molecule has 0 aliphatic heterocycles. The molecular weight excluding hydrogens is 460 g/mol. The first-order valence-corrected chi connectivity index (χ1v) is 11.8. The number of fused-ring (bicyclic) bond motifs is 1. The van der Waals surface area contributed by atoms with Crippen molar-refractivity contribution in [2.45, 2.75) is 32.6 Å². The molecular formula is C25H21ClN2O4S. The van der Waals surface area contributed by atoms with Crippen LogP contribution in [0.1, 0.15) is 46.3 Å². The summed E-state index contributed by atoms with van der Waals surface area (Å²) in [4.78, 5) is 26.6. The highest BCUT2D eigenvalue weighted by Crippen LogP contribution is 2.39. The van der Waals surface area contributed by atoms with Gasteiger partial charge in [0.05, 0.1) is 12.2 Å². The zero-order valence-electron chi connectivity index (χ0n) is 17.9. The lowest BCUT2D eigenvalue weighted by Gasteiger charge is -2.12. The quantitative estimate of drug-likeness (QED) is 0.255. The molecule has 0 fully saturated rings. The fourth-order valence-electron chi connectivity index (χ4n) is 3.73. The van der Waals surface area contributed by atoms with Crippen LogP contribution in [-0.4, -0.2) is 18.5 Å². The second-order valence-electron chi connectivity index (χ2n) is 7.47. The number of nitrogens with one attached hydrogen (secondary N) is 1. The third kappa shape index (κ3) is 5.03. The Morgan fingerprint density at radius 1 is 1.21 bits per heavy atom. The lowest BCUT2D eigenvalue weighted by molar-refractivity contribution is -0.112.